The summed E-state index contributed by atoms with van der Waals surface area (Å²) in [5.74, 6) is -0.296. The highest BCUT2D eigenvalue weighted by Gasteiger charge is 2.31. The van der Waals surface area contributed by atoms with Gasteiger partial charge < -0.3 is 5.32 Å². The largest absolute Gasteiger partial charge is 0.358 e. The Kier molecular flexibility index (Phi) is 4.68. The summed E-state index contributed by atoms with van der Waals surface area (Å²) in [4.78, 5) is 14.5. The quantitative estimate of drug-likeness (QED) is 0.769. The van der Waals surface area contributed by atoms with E-state index in [0.717, 1.165) is 11.4 Å². The Morgan fingerprint density at radius 3 is 2.67 bits per heavy atom. The number of halogens is 1. The third kappa shape index (κ3) is 3.59. The number of nitrogens with zero attached hydrogens (tertiary/aromatic N) is 4. The van der Waals surface area contributed by atoms with Crippen LogP contribution in [0.3, 0.4) is 0 Å². The zero-order valence-corrected chi connectivity index (χ0v) is 15.0. The second-order valence-corrected chi connectivity index (χ2v) is 6.64. The van der Waals surface area contributed by atoms with Crippen LogP contribution in [0, 0.1) is 5.82 Å². The average molecular weight is 365 g/mol. The zero-order chi connectivity index (χ0) is 18.8. The monoisotopic (exact) mass is 365 g/mol. The van der Waals surface area contributed by atoms with E-state index in [-0.39, 0.29) is 17.8 Å². The number of hydrogen-bond acceptors (Lipinski definition) is 4. The lowest BCUT2D eigenvalue weighted by Gasteiger charge is -2.35. The molecule has 0 radical (unpaired) electrons. The number of carbonyl (C=O) groups is 1. The molecular formula is C20H20FN5O. The summed E-state index contributed by atoms with van der Waals surface area (Å²) in [6.07, 6.45) is 2.48. The molecule has 0 aliphatic carbocycles. The molecule has 1 N–H and O–H groups in total. The third-order valence-electron chi connectivity index (χ3n) is 4.89. The van der Waals surface area contributed by atoms with Crippen molar-refractivity contribution in [3.8, 4) is 5.69 Å². The van der Waals surface area contributed by atoms with E-state index in [4.69, 9.17) is 0 Å². The van der Waals surface area contributed by atoms with Crippen LogP contribution < -0.4 is 5.32 Å². The van der Waals surface area contributed by atoms with Gasteiger partial charge in [0.25, 0.3) is 0 Å². The van der Waals surface area contributed by atoms with Gasteiger partial charge in [-0.05, 0) is 41.8 Å². The topological polar surface area (TPSA) is 63.1 Å². The van der Waals surface area contributed by atoms with Gasteiger partial charge in [-0.2, -0.15) is 0 Å². The van der Waals surface area contributed by atoms with E-state index < -0.39 is 0 Å². The van der Waals surface area contributed by atoms with E-state index in [1.165, 1.54) is 23.3 Å². The van der Waals surface area contributed by atoms with Gasteiger partial charge in [0.2, 0.25) is 5.91 Å². The molecule has 0 fully saturated rings. The van der Waals surface area contributed by atoms with Crippen molar-refractivity contribution >= 4 is 5.91 Å². The normalized spacial score (nSPS) is 16.7. The Morgan fingerprint density at radius 1 is 1.19 bits per heavy atom. The summed E-state index contributed by atoms with van der Waals surface area (Å²) >= 11 is 0. The molecule has 2 heterocycles. The molecular weight excluding hydrogens is 345 g/mol. The lowest BCUT2D eigenvalue weighted by Crippen LogP contribution is -2.49. The number of likely N-dealkylation sites (N-methyl/N-ethyl adjacent to an activating group) is 1. The minimum absolute atomic E-state index is 0.00423. The van der Waals surface area contributed by atoms with E-state index in [1.54, 1.807) is 23.9 Å². The van der Waals surface area contributed by atoms with Crippen molar-refractivity contribution in [2.24, 2.45) is 0 Å². The number of aromatic nitrogens is 3. The number of amides is 1. The molecule has 1 atom stereocenters. The molecule has 7 heteroatoms. The first-order chi connectivity index (χ1) is 13.1. The molecule has 0 saturated carbocycles. The summed E-state index contributed by atoms with van der Waals surface area (Å²) < 4.78 is 14.7. The number of hydrogen-bond donors (Lipinski definition) is 1. The van der Waals surface area contributed by atoms with Crippen LogP contribution >= 0.6 is 0 Å². The summed E-state index contributed by atoms with van der Waals surface area (Å²) in [5, 5.41) is 11.1. The first-order valence-electron chi connectivity index (χ1n) is 8.83. The molecule has 0 unspecified atom stereocenters. The van der Waals surface area contributed by atoms with Crippen LogP contribution in [0.4, 0.5) is 4.39 Å². The van der Waals surface area contributed by atoms with Gasteiger partial charge in [-0.25, -0.2) is 9.07 Å². The Bertz CT molecular complexity index is 953. The maximum atomic E-state index is 13.1. The molecule has 27 heavy (non-hydrogen) atoms. The Balaban J connectivity index is 1.57. The van der Waals surface area contributed by atoms with Gasteiger partial charge in [-0.1, -0.05) is 29.5 Å². The van der Waals surface area contributed by atoms with E-state index in [0.29, 0.717) is 19.5 Å². The highest BCUT2D eigenvalue weighted by atomic mass is 19.1. The summed E-state index contributed by atoms with van der Waals surface area (Å²) in [6, 6.07) is 14.0. The van der Waals surface area contributed by atoms with Crippen LogP contribution in [0.15, 0.2) is 54.7 Å². The molecule has 2 aromatic carbocycles. The van der Waals surface area contributed by atoms with Gasteiger partial charge in [0.05, 0.1) is 23.6 Å². The van der Waals surface area contributed by atoms with Crippen molar-refractivity contribution in [3.05, 3.63) is 77.4 Å². The van der Waals surface area contributed by atoms with E-state index in [1.807, 2.05) is 18.3 Å². The highest BCUT2D eigenvalue weighted by Crippen LogP contribution is 2.25. The Hall–Kier alpha value is -3.06. The molecule has 0 bridgehead atoms. The minimum atomic E-state index is -0.292. The van der Waals surface area contributed by atoms with Crippen molar-refractivity contribution in [3.63, 3.8) is 0 Å². The smallest absolute Gasteiger partial charge is 0.237 e. The number of benzene rings is 2. The molecule has 6 nitrogen and oxygen atoms in total. The number of fused-ring (bicyclic) bond motifs is 1. The van der Waals surface area contributed by atoms with Gasteiger partial charge in [-0.15, -0.1) is 5.10 Å². The Labute approximate surface area is 156 Å². The van der Waals surface area contributed by atoms with Crippen LogP contribution in [0.1, 0.15) is 16.8 Å². The van der Waals surface area contributed by atoms with Gasteiger partial charge in [0, 0.05) is 20.1 Å². The van der Waals surface area contributed by atoms with Crippen LogP contribution in [-0.4, -0.2) is 38.9 Å². The maximum Gasteiger partial charge on any atom is 0.237 e. The molecule has 3 aromatic rings. The molecule has 1 aliphatic rings. The zero-order valence-electron chi connectivity index (χ0n) is 15.0. The SMILES string of the molecule is CNC(=O)[C@@H]1Cc2ccccc2CN1Cc1cn(-c2ccc(F)cc2)nn1. The van der Waals surface area contributed by atoms with Crippen molar-refractivity contribution in [1.82, 2.24) is 25.2 Å². The summed E-state index contributed by atoms with van der Waals surface area (Å²) in [7, 11) is 1.66. The van der Waals surface area contributed by atoms with Crippen molar-refractivity contribution in [1.29, 1.82) is 0 Å². The second kappa shape index (κ2) is 7.28. The lowest BCUT2D eigenvalue weighted by atomic mass is 9.93. The van der Waals surface area contributed by atoms with Crippen molar-refractivity contribution in [2.45, 2.75) is 25.6 Å². The van der Waals surface area contributed by atoms with Crippen LogP contribution in [0.2, 0.25) is 0 Å². The second-order valence-electron chi connectivity index (χ2n) is 6.64. The lowest BCUT2D eigenvalue weighted by molar-refractivity contribution is -0.126. The standard InChI is InChI=1S/C20H20FN5O/c1-22-20(27)19-10-14-4-2-3-5-15(14)11-25(19)12-17-13-26(24-23-17)18-8-6-16(21)7-9-18/h2-9,13,19H,10-12H2,1H3,(H,22,27)/t19-/m0/s1. The number of carbonyl (C=O) groups excluding carboxylic acids is 1. The van der Waals surface area contributed by atoms with Crippen LogP contribution in [0.25, 0.3) is 5.69 Å². The summed E-state index contributed by atoms with van der Waals surface area (Å²) in [6.45, 7) is 1.19. The van der Waals surface area contributed by atoms with Crippen molar-refractivity contribution in [2.75, 3.05) is 7.05 Å². The fourth-order valence-electron chi connectivity index (χ4n) is 3.47. The molecule has 138 valence electrons. The van der Waals surface area contributed by atoms with Gasteiger partial charge in [0.1, 0.15) is 5.82 Å². The predicted octanol–water partition coefficient (Wildman–Crippen LogP) is 2.08. The fourth-order valence-corrected chi connectivity index (χ4v) is 3.47. The molecule has 1 aliphatic heterocycles. The fraction of sp³-hybridized carbons (Fsp3) is 0.250. The first-order valence-corrected chi connectivity index (χ1v) is 8.83. The summed E-state index contributed by atoms with van der Waals surface area (Å²) in [5.41, 5.74) is 3.93. The molecule has 1 amide bonds. The van der Waals surface area contributed by atoms with Gasteiger partial charge >= 0.3 is 0 Å². The Morgan fingerprint density at radius 2 is 1.93 bits per heavy atom. The average Bonchev–Trinajstić information content (AvgIpc) is 3.16. The number of rotatable bonds is 4. The maximum absolute atomic E-state index is 13.1. The molecule has 0 spiro atoms. The highest BCUT2D eigenvalue weighted by molar-refractivity contribution is 5.82. The van der Waals surface area contributed by atoms with E-state index >= 15 is 0 Å². The van der Waals surface area contributed by atoms with E-state index in [2.05, 4.69) is 32.7 Å². The van der Waals surface area contributed by atoms with Crippen LogP contribution in [-0.2, 0) is 24.3 Å². The first kappa shape index (κ1) is 17.4. The van der Waals surface area contributed by atoms with Gasteiger partial charge in [-0.3, -0.25) is 9.69 Å². The number of nitrogens with one attached hydrogen (secondary N) is 1. The predicted molar refractivity (Wildman–Crippen MR) is 98.6 cm³/mol. The third-order valence-corrected chi connectivity index (χ3v) is 4.89. The van der Waals surface area contributed by atoms with E-state index in [9.17, 15) is 9.18 Å². The molecule has 0 saturated heterocycles. The molecule has 4 rings (SSSR count). The van der Waals surface area contributed by atoms with Crippen molar-refractivity contribution < 1.29 is 9.18 Å². The minimum Gasteiger partial charge on any atom is -0.358 e. The van der Waals surface area contributed by atoms with Gasteiger partial charge in [0.15, 0.2) is 0 Å². The molecule has 1 aromatic heterocycles. The van der Waals surface area contributed by atoms with Crippen LogP contribution in [0.5, 0.6) is 0 Å².